The number of carbonyl (C=O) groups is 1. The second kappa shape index (κ2) is 8.67. The fraction of sp³-hybridized carbons (Fsp3) is 0.217. The highest BCUT2D eigenvalue weighted by Gasteiger charge is 2.23. The summed E-state index contributed by atoms with van der Waals surface area (Å²) in [6.45, 7) is 2.30. The van der Waals surface area contributed by atoms with E-state index in [4.69, 9.17) is 16.1 Å². The van der Waals surface area contributed by atoms with Crippen molar-refractivity contribution in [2.75, 3.05) is 31.1 Å². The first-order chi connectivity index (χ1) is 16.0. The van der Waals surface area contributed by atoms with Gasteiger partial charge in [0.15, 0.2) is 0 Å². The van der Waals surface area contributed by atoms with Crippen LogP contribution in [-0.2, 0) is 11.3 Å². The van der Waals surface area contributed by atoms with Crippen LogP contribution in [0.25, 0.3) is 22.4 Å². The molecule has 2 aromatic heterocycles. The van der Waals surface area contributed by atoms with Gasteiger partial charge >= 0.3 is 0 Å². The van der Waals surface area contributed by atoms with E-state index in [-0.39, 0.29) is 29.2 Å². The standard InChI is InChI=1S/C23H19ClFN5O3/c24-16-3-7-18(8-4-16)28-9-11-29(12-10-28)19(31)13-30-14-26-22-20(23(30)32)21(27-33-22)15-1-5-17(25)6-2-15/h1-8,14H,9-13H2. The molecular weight excluding hydrogens is 449 g/mol. The van der Waals surface area contributed by atoms with Crippen LogP contribution in [0.5, 0.6) is 0 Å². The van der Waals surface area contributed by atoms with Crippen LogP contribution in [0.2, 0.25) is 5.02 Å². The molecule has 1 aliphatic heterocycles. The van der Waals surface area contributed by atoms with Gasteiger partial charge in [0.1, 0.15) is 29.8 Å². The van der Waals surface area contributed by atoms with Gasteiger partial charge in [0, 0.05) is 42.5 Å². The molecule has 1 saturated heterocycles. The molecule has 0 N–H and O–H groups in total. The van der Waals surface area contributed by atoms with Crippen LogP contribution in [0.15, 0.2) is 64.2 Å². The van der Waals surface area contributed by atoms with Crippen LogP contribution < -0.4 is 10.5 Å². The lowest BCUT2D eigenvalue weighted by molar-refractivity contribution is -0.132. The molecule has 0 bridgehead atoms. The van der Waals surface area contributed by atoms with E-state index in [0.29, 0.717) is 36.8 Å². The van der Waals surface area contributed by atoms with E-state index in [1.165, 1.54) is 35.2 Å². The van der Waals surface area contributed by atoms with Gasteiger partial charge in [-0.2, -0.15) is 0 Å². The van der Waals surface area contributed by atoms with Crippen LogP contribution in [0.3, 0.4) is 0 Å². The minimum Gasteiger partial charge on any atom is -0.368 e. The summed E-state index contributed by atoms with van der Waals surface area (Å²) in [7, 11) is 0. The van der Waals surface area contributed by atoms with E-state index in [9.17, 15) is 14.0 Å². The summed E-state index contributed by atoms with van der Waals surface area (Å²) in [5, 5.41) is 4.76. The fourth-order valence-electron chi connectivity index (χ4n) is 3.91. The maximum Gasteiger partial charge on any atom is 0.267 e. The maximum atomic E-state index is 13.3. The number of benzene rings is 2. The average Bonchev–Trinajstić information content (AvgIpc) is 3.27. The summed E-state index contributed by atoms with van der Waals surface area (Å²) in [5.41, 5.74) is 1.48. The third-order valence-electron chi connectivity index (χ3n) is 5.71. The molecule has 0 atom stereocenters. The molecule has 0 aliphatic carbocycles. The predicted molar refractivity (Wildman–Crippen MR) is 122 cm³/mol. The Morgan fingerprint density at radius 2 is 1.73 bits per heavy atom. The van der Waals surface area contributed by atoms with Crippen molar-refractivity contribution in [1.29, 1.82) is 0 Å². The number of hydrogen-bond acceptors (Lipinski definition) is 6. The van der Waals surface area contributed by atoms with Crippen LogP contribution in [0.4, 0.5) is 10.1 Å². The topological polar surface area (TPSA) is 84.5 Å². The largest absolute Gasteiger partial charge is 0.368 e. The SMILES string of the molecule is O=C(Cn1cnc2onc(-c3ccc(F)cc3)c2c1=O)N1CCN(c2ccc(Cl)cc2)CC1. The number of halogens is 2. The molecule has 0 spiro atoms. The molecule has 3 heterocycles. The van der Waals surface area contributed by atoms with Crippen molar-refractivity contribution in [3.8, 4) is 11.3 Å². The third-order valence-corrected chi connectivity index (χ3v) is 5.96. The van der Waals surface area contributed by atoms with Gasteiger partial charge < -0.3 is 14.3 Å². The van der Waals surface area contributed by atoms with Crippen LogP contribution in [-0.4, -0.2) is 51.7 Å². The number of piperazine rings is 1. The number of anilines is 1. The molecule has 2 aromatic carbocycles. The number of fused-ring (bicyclic) bond motifs is 1. The number of carbonyl (C=O) groups excluding carboxylic acids is 1. The van der Waals surface area contributed by atoms with Crippen molar-refractivity contribution in [2.24, 2.45) is 0 Å². The number of aromatic nitrogens is 3. The highest BCUT2D eigenvalue weighted by Crippen LogP contribution is 2.24. The van der Waals surface area contributed by atoms with Gasteiger partial charge in [-0.25, -0.2) is 9.37 Å². The quantitative estimate of drug-likeness (QED) is 0.458. The first-order valence-corrected chi connectivity index (χ1v) is 10.8. The van der Waals surface area contributed by atoms with Crippen molar-refractivity contribution in [2.45, 2.75) is 6.54 Å². The summed E-state index contributed by atoms with van der Waals surface area (Å²) < 4.78 is 19.7. The zero-order chi connectivity index (χ0) is 22.9. The van der Waals surface area contributed by atoms with Gasteiger partial charge in [0.25, 0.3) is 11.3 Å². The van der Waals surface area contributed by atoms with Gasteiger partial charge in [0.2, 0.25) is 5.91 Å². The normalized spacial score (nSPS) is 14.1. The highest BCUT2D eigenvalue weighted by atomic mass is 35.5. The van der Waals surface area contributed by atoms with E-state index >= 15 is 0 Å². The summed E-state index contributed by atoms with van der Waals surface area (Å²) >= 11 is 5.96. The first-order valence-electron chi connectivity index (χ1n) is 10.4. The Labute approximate surface area is 192 Å². The zero-order valence-electron chi connectivity index (χ0n) is 17.4. The number of nitrogens with zero attached hydrogens (tertiary/aromatic N) is 5. The number of rotatable bonds is 4. The molecular formula is C23H19ClFN5O3. The third kappa shape index (κ3) is 4.19. The van der Waals surface area contributed by atoms with Gasteiger partial charge in [-0.05, 0) is 48.5 Å². The molecule has 1 aliphatic rings. The van der Waals surface area contributed by atoms with Crippen molar-refractivity contribution in [3.63, 3.8) is 0 Å². The Morgan fingerprint density at radius 1 is 1.03 bits per heavy atom. The fourth-order valence-corrected chi connectivity index (χ4v) is 4.04. The molecule has 5 rings (SSSR count). The Balaban J connectivity index is 1.32. The van der Waals surface area contributed by atoms with Crippen molar-refractivity contribution < 1.29 is 13.7 Å². The first kappa shape index (κ1) is 21.1. The van der Waals surface area contributed by atoms with Gasteiger partial charge in [-0.3, -0.25) is 14.2 Å². The molecule has 0 saturated carbocycles. The number of hydrogen-bond donors (Lipinski definition) is 0. The van der Waals surface area contributed by atoms with Gasteiger partial charge in [0.05, 0.1) is 0 Å². The lowest BCUT2D eigenvalue weighted by atomic mass is 10.1. The zero-order valence-corrected chi connectivity index (χ0v) is 18.2. The molecule has 4 aromatic rings. The summed E-state index contributed by atoms with van der Waals surface area (Å²) in [5.74, 6) is -0.572. The Morgan fingerprint density at radius 3 is 2.42 bits per heavy atom. The smallest absolute Gasteiger partial charge is 0.267 e. The van der Waals surface area contributed by atoms with E-state index in [2.05, 4.69) is 15.0 Å². The predicted octanol–water partition coefficient (Wildman–Crippen LogP) is 3.19. The molecule has 10 heteroatoms. The van der Waals surface area contributed by atoms with Crippen molar-refractivity contribution in [3.05, 3.63) is 76.1 Å². The Bertz CT molecular complexity index is 1360. The molecule has 8 nitrogen and oxygen atoms in total. The minimum absolute atomic E-state index is 0.0691. The van der Waals surface area contributed by atoms with Crippen LogP contribution in [0.1, 0.15) is 0 Å². The monoisotopic (exact) mass is 467 g/mol. The van der Waals surface area contributed by atoms with Crippen molar-refractivity contribution >= 4 is 34.3 Å². The van der Waals surface area contributed by atoms with Crippen molar-refractivity contribution in [1.82, 2.24) is 19.6 Å². The maximum absolute atomic E-state index is 13.3. The molecule has 33 heavy (non-hydrogen) atoms. The Hall–Kier alpha value is -3.72. The second-order valence-electron chi connectivity index (χ2n) is 7.74. The molecule has 168 valence electrons. The summed E-state index contributed by atoms with van der Waals surface area (Å²) in [4.78, 5) is 34.0. The highest BCUT2D eigenvalue weighted by molar-refractivity contribution is 6.30. The van der Waals surface area contributed by atoms with E-state index < -0.39 is 11.4 Å². The van der Waals surface area contributed by atoms with Crippen LogP contribution in [0, 0.1) is 5.82 Å². The van der Waals surface area contributed by atoms with E-state index in [1.54, 1.807) is 4.90 Å². The second-order valence-corrected chi connectivity index (χ2v) is 8.18. The average molecular weight is 468 g/mol. The summed E-state index contributed by atoms with van der Waals surface area (Å²) in [6.07, 6.45) is 1.28. The lowest BCUT2D eigenvalue weighted by Gasteiger charge is -2.36. The van der Waals surface area contributed by atoms with E-state index in [0.717, 1.165) is 5.69 Å². The Kier molecular flexibility index (Phi) is 5.55. The summed E-state index contributed by atoms with van der Waals surface area (Å²) in [6, 6.07) is 13.2. The lowest BCUT2D eigenvalue weighted by Crippen LogP contribution is -2.50. The molecule has 0 radical (unpaired) electrons. The van der Waals surface area contributed by atoms with Gasteiger partial charge in [-0.1, -0.05) is 16.8 Å². The molecule has 1 amide bonds. The van der Waals surface area contributed by atoms with Gasteiger partial charge in [-0.15, -0.1) is 0 Å². The molecule has 0 unspecified atom stereocenters. The minimum atomic E-state index is -0.436. The molecule has 1 fully saturated rings. The van der Waals surface area contributed by atoms with Crippen LogP contribution >= 0.6 is 11.6 Å². The number of amides is 1. The van der Waals surface area contributed by atoms with E-state index in [1.807, 2.05) is 24.3 Å².